The second-order valence-corrected chi connectivity index (χ2v) is 8.29. The van der Waals surface area contributed by atoms with Crippen LogP contribution in [0, 0.1) is 10.1 Å². The standard InChI is InChI=1S/C28H25N5O3/c1-3-32(4-2)23-12-13-24-19(16-23)6-5-7-27(24)36-28-18-25-20(14-15-29-25)17-26(28)31-30-21-8-10-22(11-9-21)33(34)35/h5-18,29H,3-4H2,1-2H3/b31-30+. The summed E-state index contributed by atoms with van der Waals surface area (Å²) in [5.41, 5.74) is 3.16. The number of anilines is 1. The Morgan fingerprint density at radius 1 is 0.889 bits per heavy atom. The molecule has 180 valence electrons. The van der Waals surface area contributed by atoms with Crippen molar-refractivity contribution in [2.24, 2.45) is 10.2 Å². The summed E-state index contributed by atoms with van der Waals surface area (Å²) < 4.78 is 6.42. The van der Waals surface area contributed by atoms with Crippen molar-refractivity contribution >= 4 is 44.4 Å². The summed E-state index contributed by atoms with van der Waals surface area (Å²) in [6.45, 7) is 6.18. The van der Waals surface area contributed by atoms with Crippen molar-refractivity contribution in [1.82, 2.24) is 4.98 Å². The van der Waals surface area contributed by atoms with Gasteiger partial charge in [-0.15, -0.1) is 5.11 Å². The van der Waals surface area contributed by atoms with E-state index in [2.05, 4.69) is 58.2 Å². The van der Waals surface area contributed by atoms with E-state index in [1.54, 1.807) is 12.1 Å². The lowest BCUT2D eigenvalue weighted by molar-refractivity contribution is -0.384. The maximum Gasteiger partial charge on any atom is 0.269 e. The number of fused-ring (bicyclic) bond motifs is 2. The van der Waals surface area contributed by atoms with Crippen LogP contribution in [-0.2, 0) is 0 Å². The Balaban J connectivity index is 1.51. The van der Waals surface area contributed by atoms with E-state index in [0.29, 0.717) is 17.1 Å². The van der Waals surface area contributed by atoms with Gasteiger partial charge >= 0.3 is 0 Å². The lowest BCUT2D eigenvalue weighted by Gasteiger charge is -2.21. The monoisotopic (exact) mass is 479 g/mol. The molecule has 0 spiro atoms. The number of aromatic amines is 1. The van der Waals surface area contributed by atoms with Crippen LogP contribution >= 0.6 is 0 Å². The van der Waals surface area contributed by atoms with Gasteiger partial charge in [-0.2, -0.15) is 5.11 Å². The molecule has 0 saturated carbocycles. The summed E-state index contributed by atoms with van der Waals surface area (Å²) in [7, 11) is 0. The summed E-state index contributed by atoms with van der Waals surface area (Å²) in [6.07, 6.45) is 1.86. The second-order valence-electron chi connectivity index (χ2n) is 8.29. The van der Waals surface area contributed by atoms with E-state index in [0.717, 1.165) is 40.5 Å². The van der Waals surface area contributed by atoms with Gasteiger partial charge in [-0.3, -0.25) is 10.1 Å². The average molecular weight is 480 g/mol. The molecule has 5 rings (SSSR count). The van der Waals surface area contributed by atoms with Gasteiger partial charge in [-0.25, -0.2) is 0 Å². The number of hydrogen-bond donors (Lipinski definition) is 1. The molecule has 0 amide bonds. The summed E-state index contributed by atoms with van der Waals surface area (Å²) in [5, 5.41) is 22.7. The Morgan fingerprint density at radius 2 is 1.69 bits per heavy atom. The van der Waals surface area contributed by atoms with Crippen molar-refractivity contribution in [2.45, 2.75) is 13.8 Å². The van der Waals surface area contributed by atoms with Crippen molar-refractivity contribution in [1.29, 1.82) is 0 Å². The average Bonchev–Trinajstić information content (AvgIpc) is 3.35. The Morgan fingerprint density at radius 3 is 2.44 bits per heavy atom. The van der Waals surface area contributed by atoms with E-state index in [1.807, 2.05) is 36.5 Å². The van der Waals surface area contributed by atoms with Crippen LogP contribution in [0.5, 0.6) is 11.5 Å². The van der Waals surface area contributed by atoms with Crippen LogP contribution in [0.15, 0.2) is 95.3 Å². The largest absolute Gasteiger partial charge is 0.454 e. The predicted octanol–water partition coefficient (Wildman–Crippen LogP) is 8.28. The van der Waals surface area contributed by atoms with Crippen LogP contribution in [0.4, 0.5) is 22.7 Å². The molecule has 1 heterocycles. The highest BCUT2D eigenvalue weighted by molar-refractivity contribution is 5.92. The van der Waals surface area contributed by atoms with E-state index in [1.165, 1.54) is 17.8 Å². The predicted molar refractivity (Wildman–Crippen MR) is 143 cm³/mol. The van der Waals surface area contributed by atoms with E-state index < -0.39 is 4.92 Å². The summed E-state index contributed by atoms with van der Waals surface area (Å²) in [4.78, 5) is 16.0. The molecule has 0 radical (unpaired) electrons. The third-order valence-corrected chi connectivity index (χ3v) is 6.14. The minimum absolute atomic E-state index is 0.00632. The molecule has 0 aliphatic rings. The number of hydrogen-bond acceptors (Lipinski definition) is 6. The zero-order valence-electron chi connectivity index (χ0n) is 20.0. The van der Waals surface area contributed by atoms with Crippen LogP contribution in [0.3, 0.4) is 0 Å². The van der Waals surface area contributed by atoms with Gasteiger partial charge in [0.1, 0.15) is 11.4 Å². The van der Waals surface area contributed by atoms with Gasteiger partial charge in [0.25, 0.3) is 5.69 Å². The fourth-order valence-corrected chi connectivity index (χ4v) is 4.22. The lowest BCUT2D eigenvalue weighted by Crippen LogP contribution is -2.21. The summed E-state index contributed by atoms with van der Waals surface area (Å²) >= 11 is 0. The first-order valence-electron chi connectivity index (χ1n) is 11.8. The normalized spacial score (nSPS) is 11.4. The molecule has 1 N–H and O–H groups in total. The van der Waals surface area contributed by atoms with Crippen molar-refractivity contribution in [3.8, 4) is 11.5 Å². The highest BCUT2D eigenvalue weighted by atomic mass is 16.6. The molecule has 0 fully saturated rings. The number of nitro benzene ring substituents is 1. The molecule has 0 bridgehead atoms. The van der Waals surface area contributed by atoms with E-state index >= 15 is 0 Å². The van der Waals surface area contributed by atoms with Gasteiger partial charge in [0.05, 0.1) is 10.6 Å². The second kappa shape index (κ2) is 9.87. The van der Waals surface area contributed by atoms with Crippen molar-refractivity contribution < 1.29 is 9.66 Å². The number of nitro groups is 1. The van der Waals surface area contributed by atoms with Crippen LogP contribution in [-0.4, -0.2) is 23.0 Å². The molecular weight excluding hydrogens is 454 g/mol. The highest BCUT2D eigenvalue weighted by Crippen LogP contribution is 2.39. The quantitative estimate of drug-likeness (QED) is 0.138. The molecular formula is C28H25N5O3. The molecule has 36 heavy (non-hydrogen) atoms. The summed E-state index contributed by atoms with van der Waals surface area (Å²) in [6, 6.07) is 24.1. The van der Waals surface area contributed by atoms with E-state index in [9.17, 15) is 10.1 Å². The third kappa shape index (κ3) is 4.61. The van der Waals surface area contributed by atoms with Crippen molar-refractivity contribution in [3.63, 3.8) is 0 Å². The van der Waals surface area contributed by atoms with Crippen LogP contribution in [0.2, 0.25) is 0 Å². The Labute approximate surface area is 208 Å². The van der Waals surface area contributed by atoms with Crippen LogP contribution in [0.25, 0.3) is 21.7 Å². The minimum Gasteiger partial charge on any atom is -0.454 e. The van der Waals surface area contributed by atoms with E-state index in [4.69, 9.17) is 4.74 Å². The van der Waals surface area contributed by atoms with Gasteiger partial charge < -0.3 is 14.6 Å². The molecule has 0 saturated heterocycles. The zero-order chi connectivity index (χ0) is 25.1. The fraction of sp³-hybridized carbons (Fsp3) is 0.143. The third-order valence-electron chi connectivity index (χ3n) is 6.14. The number of non-ortho nitro benzene ring substituents is 1. The number of ether oxygens (including phenoxy) is 1. The van der Waals surface area contributed by atoms with Gasteiger partial charge in [0.2, 0.25) is 0 Å². The maximum absolute atomic E-state index is 10.9. The Bertz CT molecular complexity index is 1570. The molecule has 0 atom stereocenters. The molecule has 0 unspecified atom stereocenters. The number of azo groups is 1. The first kappa shape index (κ1) is 23.0. The van der Waals surface area contributed by atoms with Crippen LogP contribution in [0.1, 0.15) is 13.8 Å². The van der Waals surface area contributed by atoms with Gasteiger partial charge in [-0.1, -0.05) is 12.1 Å². The Hall–Kier alpha value is -4.72. The number of nitrogens with one attached hydrogen (secondary N) is 1. The minimum atomic E-state index is -0.443. The molecule has 0 aliphatic heterocycles. The molecule has 1 aromatic heterocycles. The number of aromatic nitrogens is 1. The van der Waals surface area contributed by atoms with Gasteiger partial charge in [-0.05, 0) is 67.8 Å². The summed E-state index contributed by atoms with van der Waals surface area (Å²) in [5.74, 6) is 1.27. The molecule has 8 nitrogen and oxygen atoms in total. The number of rotatable bonds is 8. The molecule has 5 aromatic rings. The number of nitrogens with zero attached hydrogens (tertiary/aromatic N) is 4. The fourth-order valence-electron chi connectivity index (χ4n) is 4.22. The zero-order valence-corrected chi connectivity index (χ0v) is 20.0. The Kier molecular flexibility index (Phi) is 6.32. The molecule has 0 aliphatic carbocycles. The highest BCUT2D eigenvalue weighted by Gasteiger charge is 2.12. The molecule has 8 heteroatoms. The first-order valence-corrected chi connectivity index (χ1v) is 11.8. The number of H-pyrrole nitrogens is 1. The SMILES string of the molecule is CCN(CC)c1ccc2c(Oc3cc4[nH]ccc4cc3/N=N/c3ccc([N+](=O)[O-])cc3)cccc2c1. The number of benzene rings is 4. The lowest BCUT2D eigenvalue weighted by atomic mass is 10.1. The van der Waals surface area contributed by atoms with Crippen molar-refractivity contribution in [2.75, 3.05) is 18.0 Å². The maximum atomic E-state index is 10.9. The molecule has 4 aromatic carbocycles. The van der Waals surface area contributed by atoms with E-state index in [-0.39, 0.29) is 5.69 Å². The first-order chi connectivity index (χ1) is 17.6. The van der Waals surface area contributed by atoms with Crippen molar-refractivity contribution in [3.05, 3.63) is 95.2 Å². The van der Waals surface area contributed by atoms with Crippen LogP contribution < -0.4 is 9.64 Å². The topological polar surface area (TPSA) is 96.1 Å². The van der Waals surface area contributed by atoms with Gasteiger partial charge in [0.15, 0.2) is 5.75 Å². The smallest absolute Gasteiger partial charge is 0.269 e. The van der Waals surface area contributed by atoms with Gasteiger partial charge in [0, 0.05) is 59.5 Å².